The minimum Gasteiger partial charge on any atom is -0.397 e. The molecule has 1 amide bonds. The summed E-state index contributed by atoms with van der Waals surface area (Å²) in [5, 5.41) is 3.27. The van der Waals surface area contributed by atoms with Crippen LogP contribution in [0.5, 0.6) is 0 Å². The zero-order chi connectivity index (χ0) is 14.4. The highest BCUT2D eigenvalue weighted by molar-refractivity contribution is 5.94. The number of nitrogens with one attached hydrogen (secondary N) is 1. The Balaban J connectivity index is 1.48. The number of carbonyl (C=O) groups excluding carboxylic acids is 1. The third kappa shape index (κ3) is 2.44. The topological polar surface area (TPSA) is 63.3 Å². The van der Waals surface area contributed by atoms with Gasteiger partial charge in [-0.2, -0.15) is 0 Å². The molecular weight excluding hydrogens is 264 g/mol. The second-order valence-electron chi connectivity index (χ2n) is 6.76. The lowest BCUT2D eigenvalue weighted by Gasteiger charge is -2.32. The van der Waals surface area contributed by atoms with E-state index >= 15 is 0 Å². The zero-order valence-electron chi connectivity index (χ0n) is 12.4. The molecule has 2 saturated heterocycles. The molecule has 114 valence electrons. The molecule has 2 atom stereocenters. The lowest BCUT2D eigenvalue weighted by Crippen LogP contribution is -2.47. The summed E-state index contributed by atoms with van der Waals surface area (Å²) in [7, 11) is 0. The fraction of sp³-hybridized carbons (Fsp3) is 0.688. The van der Waals surface area contributed by atoms with Crippen molar-refractivity contribution in [1.29, 1.82) is 0 Å². The van der Waals surface area contributed by atoms with Crippen molar-refractivity contribution < 1.29 is 4.79 Å². The lowest BCUT2D eigenvalue weighted by molar-refractivity contribution is 0.0906. The summed E-state index contributed by atoms with van der Waals surface area (Å²) in [5.74, 6) is 0.0519. The molecule has 1 saturated carbocycles. The maximum absolute atomic E-state index is 12.6. The molecule has 1 aliphatic carbocycles. The molecule has 1 aromatic heterocycles. The van der Waals surface area contributed by atoms with Crippen molar-refractivity contribution in [1.82, 2.24) is 14.8 Å². The fourth-order valence-electron chi connectivity index (χ4n) is 4.00. The number of amides is 1. The van der Waals surface area contributed by atoms with Gasteiger partial charge in [-0.05, 0) is 44.7 Å². The van der Waals surface area contributed by atoms with Crippen molar-refractivity contribution in [3.8, 4) is 0 Å². The highest BCUT2D eigenvalue weighted by Gasteiger charge is 2.37. The molecule has 0 aromatic carbocycles. The molecule has 2 unspecified atom stereocenters. The number of hydrogen-bond donors (Lipinski definition) is 2. The predicted molar refractivity (Wildman–Crippen MR) is 82.2 cm³/mol. The van der Waals surface area contributed by atoms with Crippen molar-refractivity contribution in [2.75, 3.05) is 18.8 Å². The maximum atomic E-state index is 12.6. The monoisotopic (exact) mass is 288 g/mol. The van der Waals surface area contributed by atoms with E-state index in [1.54, 1.807) is 0 Å². The number of anilines is 1. The number of nitrogens with zero attached hydrogens (tertiary/aromatic N) is 2. The Kier molecular flexibility index (Phi) is 3.17. The van der Waals surface area contributed by atoms with Gasteiger partial charge in [-0.25, -0.2) is 0 Å². The summed E-state index contributed by atoms with van der Waals surface area (Å²) in [5.41, 5.74) is 7.32. The number of rotatable bonds is 3. The SMILES string of the molecule is Nc1cc(C(=O)NC2CCN3CCCCC23)n(C2CC2)c1. The number of carbonyl (C=O) groups is 1. The third-order valence-electron chi connectivity index (χ3n) is 5.22. The minimum atomic E-state index is 0.0519. The van der Waals surface area contributed by atoms with Gasteiger partial charge in [-0.3, -0.25) is 9.69 Å². The van der Waals surface area contributed by atoms with Gasteiger partial charge in [0.15, 0.2) is 0 Å². The van der Waals surface area contributed by atoms with Gasteiger partial charge in [0.1, 0.15) is 5.69 Å². The highest BCUT2D eigenvalue weighted by atomic mass is 16.2. The molecule has 21 heavy (non-hydrogen) atoms. The molecule has 2 aliphatic heterocycles. The van der Waals surface area contributed by atoms with E-state index in [1.807, 2.05) is 12.3 Å². The second kappa shape index (κ2) is 5.05. The van der Waals surface area contributed by atoms with Gasteiger partial charge in [-0.15, -0.1) is 0 Å². The second-order valence-corrected chi connectivity index (χ2v) is 6.76. The van der Waals surface area contributed by atoms with E-state index in [9.17, 15) is 4.79 Å². The summed E-state index contributed by atoms with van der Waals surface area (Å²) < 4.78 is 2.07. The molecule has 3 N–H and O–H groups in total. The number of nitrogen functional groups attached to an aromatic ring is 1. The number of nitrogens with two attached hydrogens (primary N) is 1. The molecule has 0 bridgehead atoms. The molecule has 5 heteroatoms. The first kappa shape index (κ1) is 13.2. The molecule has 0 radical (unpaired) electrons. The van der Waals surface area contributed by atoms with Gasteiger partial charge < -0.3 is 15.6 Å². The van der Waals surface area contributed by atoms with Crippen LogP contribution in [0, 0.1) is 0 Å². The Morgan fingerprint density at radius 2 is 2.05 bits per heavy atom. The normalized spacial score (nSPS) is 29.3. The van der Waals surface area contributed by atoms with Crippen LogP contribution < -0.4 is 11.1 Å². The molecule has 0 spiro atoms. The Morgan fingerprint density at radius 3 is 2.86 bits per heavy atom. The van der Waals surface area contributed by atoms with Crippen LogP contribution in [0.15, 0.2) is 12.3 Å². The average Bonchev–Trinajstić information content (AvgIpc) is 3.15. The Morgan fingerprint density at radius 1 is 1.19 bits per heavy atom. The van der Waals surface area contributed by atoms with Crippen LogP contribution in [-0.2, 0) is 0 Å². The van der Waals surface area contributed by atoms with Crippen LogP contribution in [0.25, 0.3) is 0 Å². The molecule has 1 aromatic rings. The molecular formula is C16H24N4O. The van der Waals surface area contributed by atoms with Gasteiger partial charge in [0.25, 0.3) is 5.91 Å². The molecule has 5 nitrogen and oxygen atoms in total. The van der Waals surface area contributed by atoms with E-state index in [0.29, 0.717) is 23.8 Å². The number of fused-ring (bicyclic) bond motifs is 1. The van der Waals surface area contributed by atoms with Gasteiger partial charge in [-0.1, -0.05) is 6.42 Å². The van der Waals surface area contributed by atoms with Crippen molar-refractivity contribution in [3.63, 3.8) is 0 Å². The molecule has 3 fully saturated rings. The lowest BCUT2D eigenvalue weighted by atomic mass is 9.99. The van der Waals surface area contributed by atoms with E-state index in [-0.39, 0.29) is 5.91 Å². The van der Waals surface area contributed by atoms with Gasteiger partial charge >= 0.3 is 0 Å². The van der Waals surface area contributed by atoms with Crippen LogP contribution >= 0.6 is 0 Å². The van der Waals surface area contributed by atoms with Gasteiger partial charge in [0, 0.05) is 30.9 Å². The van der Waals surface area contributed by atoms with Crippen molar-refractivity contribution in [2.45, 2.75) is 56.7 Å². The zero-order valence-corrected chi connectivity index (χ0v) is 12.4. The quantitative estimate of drug-likeness (QED) is 0.891. The number of piperidine rings is 1. The number of aromatic nitrogens is 1. The summed E-state index contributed by atoms with van der Waals surface area (Å²) in [4.78, 5) is 15.2. The molecule has 3 heterocycles. The summed E-state index contributed by atoms with van der Waals surface area (Å²) >= 11 is 0. The first-order valence-corrected chi connectivity index (χ1v) is 8.24. The van der Waals surface area contributed by atoms with E-state index in [0.717, 1.165) is 31.5 Å². The van der Waals surface area contributed by atoms with Crippen LogP contribution in [-0.4, -0.2) is 40.5 Å². The van der Waals surface area contributed by atoms with Crippen molar-refractivity contribution in [3.05, 3.63) is 18.0 Å². The predicted octanol–water partition coefficient (Wildman–Crippen LogP) is 1.76. The van der Waals surface area contributed by atoms with E-state index in [1.165, 1.54) is 25.8 Å². The van der Waals surface area contributed by atoms with E-state index in [2.05, 4.69) is 14.8 Å². The highest BCUT2D eigenvalue weighted by Crippen LogP contribution is 2.37. The third-order valence-corrected chi connectivity index (χ3v) is 5.22. The van der Waals surface area contributed by atoms with Crippen molar-refractivity contribution in [2.24, 2.45) is 0 Å². The van der Waals surface area contributed by atoms with E-state index < -0.39 is 0 Å². The smallest absolute Gasteiger partial charge is 0.268 e. The van der Waals surface area contributed by atoms with Crippen LogP contribution in [0.2, 0.25) is 0 Å². The summed E-state index contributed by atoms with van der Waals surface area (Å²) in [6.45, 7) is 2.32. The minimum absolute atomic E-state index is 0.0519. The fourth-order valence-corrected chi connectivity index (χ4v) is 4.00. The van der Waals surface area contributed by atoms with Gasteiger partial charge in [0.2, 0.25) is 0 Å². The molecule has 3 aliphatic rings. The van der Waals surface area contributed by atoms with Crippen LogP contribution in [0.4, 0.5) is 5.69 Å². The number of hydrogen-bond acceptors (Lipinski definition) is 3. The Bertz CT molecular complexity index is 548. The van der Waals surface area contributed by atoms with Crippen LogP contribution in [0.3, 0.4) is 0 Å². The maximum Gasteiger partial charge on any atom is 0.268 e. The Labute approximate surface area is 125 Å². The van der Waals surface area contributed by atoms with Gasteiger partial charge in [0.05, 0.1) is 5.69 Å². The average molecular weight is 288 g/mol. The van der Waals surface area contributed by atoms with E-state index in [4.69, 9.17) is 5.73 Å². The molecule has 4 rings (SSSR count). The summed E-state index contributed by atoms with van der Waals surface area (Å²) in [6, 6.07) is 3.16. The van der Waals surface area contributed by atoms with Crippen molar-refractivity contribution >= 4 is 11.6 Å². The largest absolute Gasteiger partial charge is 0.397 e. The standard InChI is InChI=1S/C16H24N4O/c17-11-9-15(20(10-11)12-4-5-12)16(21)18-13-6-8-19-7-2-1-3-14(13)19/h9-10,12-14H,1-8,17H2,(H,18,21). The Hall–Kier alpha value is -1.49. The first-order chi connectivity index (χ1) is 10.2. The van der Waals surface area contributed by atoms with Crippen LogP contribution in [0.1, 0.15) is 55.1 Å². The summed E-state index contributed by atoms with van der Waals surface area (Å²) in [6.07, 6.45) is 9.13. The first-order valence-electron chi connectivity index (χ1n) is 8.24.